The Balaban J connectivity index is 3.17. The van der Waals surface area contributed by atoms with E-state index in [1.165, 1.54) is 16.7 Å². The second-order valence-electron chi connectivity index (χ2n) is 2.93. The molecule has 0 fully saturated rings. The Labute approximate surface area is 74.0 Å². The van der Waals surface area contributed by atoms with Gasteiger partial charge in [0, 0.05) is 5.25 Å². The van der Waals surface area contributed by atoms with Crippen LogP contribution in [-0.4, -0.2) is 0 Å². The summed E-state index contributed by atoms with van der Waals surface area (Å²) in [6.45, 7) is 6.31. The molecule has 0 N–H and O–H groups in total. The SMILES string of the molecule is Cc1cccc(C(C)[S])c1C. The maximum Gasteiger partial charge on any atom is 0.0375 e. The lowest BCUT2D eigenvalue weighted by molar-refractivity contribution is 1.07. The van der Waals surface area contributed by atoms with Crippen LogP contribution in [0.4, 0.5) is 0 Å². The number of benzene rings is 1. The minimum Gasteiger partial charge on any atom is -0.0856 e. The van der Waals surface area contributed by atoms with Crippen molar-refractivity contribution in [3.05, 3.63) is 34.9 Å². The quantitative estimate of drug-likeness (QED) is 0.597. The Morgan fingerprint density at radius 2 is 1.91 bits per heavy atom. The Kier molecular flexibility index (Phi) is 2.61. The molecule has 0 bridgehead atoms. The van der Waals surface area contributed by atoms with Gasteiger partial charge < -0.3 is 0 Å². The second kappa shape index (κ2) is 3.31. The van der Waals surface area contributed by atoms with Crippen LogP contribution >= 0.6 is 12.6 Å². The predicted octanol–water partition coefficient (Wildman–Crippen LogP) is 3.56. The molecule has 0 aliphatic carbocycles. The zero-order valence-corrected chi connectivity index (χ0v) is 8.03. The topological polar surface area (TPSA) is 0 Å². The van der Waals surface area contributed by atoms with E-state index in [9.17, 15) is 0 Å². The maximum atomic E-state index is 5.19. The lowest BCUT2D eigenvalue weighted by Crippen LogP contribution is -1.91. The minimum absolute atomic E-state index is 0.231. The average Bonchev–Trinajstić information content (AvgIpc) is 1.94. The first kappa shape index (κ1) is 8.66. The predicted molar refractivity (Wildman–Crippen MR) is 51.9 cm³/mol. The van der Waals surface area contributed by atoms with E-state index in [4.69, 9.17) is 12.6 Å². The van der Waals surface area contributed by atoms with E-state index >= 15 is 0 Å². The zero-order valence-electron chi connectivity index (χ0n) is 7.22. The molecule has 1 radical (unpaired) electrons. The molecule has 0 amide bonds. The number of hydrogen-bond acceptors (Lipinski definition) is 0. The largest absolute Gasteiger partial charge is 0.0856 e. The summed E-state index contributed by atoms with van der Waals surface area (Å²) < 4.78 is 0. The van der Waals surface area contributed by atoms with Crippen LogP contribution in [0.5, 0.6) is 0 Å². The smallest absolute Gasteiger partial charge is 0.0375 e. The number of aryl methyl sites for hydroxylation is 1. The summed E-state index contributed by atoms with van der Waals surface area (Å²) in [5.41, 5.74) is 3.97. The van der Waals surface area contributed by atoms with Gasteiger partial charge in [0.15, 0.2) is 0 Å². The third-order valence-corrected chi connectivity index (χ3v) is 2.34. The van der Waals surface area contributed by atoms with E-state index in [1.807, 2.05) is 0 Å². The highest BCUT2D eigenvalue weighted by molar-refractivity contribution is 7.80. The normalized spacial score (nSPS) is 13.1. The van der Waals surface area contributed by atoms with Crippen LogP contribution < -0.4 is 0 Å². The first-order valence-corrected chi connectivity index (χ1v) is 4.32. The third kappa shape index (κ3) is 1.78. The summed E-state index contributed by atoms with van der Waals surface area (Å²) in [6, 6.07) is 6.30. The molecule has 0 nitrogen and oxygen atoms in total. The maximum absolute atomic E-state index is 5.19. The fraction of sp³-hybridized carbons (Fsp3) is 0.400. The fourth-order valence-corrected chi connectivity index (χ4v) is 1.47. The second-order valence-corrected chi connectivity index (χ2v) is 3.64. The summed E-state index contributed by atoms with van der Waals surface area (Å²) in [6.07, 6.45) is 0. The molecule has 0 saturated carbocycles. The van der Waals surface area contributed by atoms with Gasteiger partial charge in [-0.3, -0.25) is 0 Å². The highest BCUT2D eigenvalue weighted by atomic mass is 32.1. The van der Waals surface area contributed by atoms with E-state index in [0.717, 1.165) is 0 Å². The van der Waals surface area contributed by atoms with Gasteiger partial charge in [-0.05, 0) is 37.5 Å². The van der Waals surface area contributed by atoms with E-state index in [2.05, 4.69) is 39.0 Å². The molecule has 0 spiro atoms. The molecular formula is C10H13S. The summed E-state index contributed by atoms with van der Waals surface area (Å²) in [7, 11) is 0. The van der Waals surface area contributed by atoms with Crippen molar-refractivity contribution in [1.82, 2.24) is 0 Å². The first-order valence-electron chi connectivity index (χ1n) is 3.85. The van der Waals surface area contributed by atoms with E-state index < -0.39 is 0 Å². The molecule has 11 heavy (non-hydrogen) atoms. The van der Waals surface area contributed by atoms with Gasteiger partial charge >= 0.3 is 0 Å². The minimum atomic E-state index is 0.231. The third-order valence-electron chi connectivity index (χ3n) is 2.08. The molecule has 1 heteroatoms. The molecular weight excluding hydrogens is 152 g/mol. The van der Waals surface area contributed by atoms with Gasteiger partial charge in [-0.2, -0.15) is 0 Å². The van der Waals surface area contributed by atoms with Gasteiger partial charge in [-0.1, -0.05) is 30.8 Å². The van der Waals surface area contributed by atoms with Crippen molar-refractivity contribution >= 4 is 12.6 Å². The number of hydrogen-bond donors (Lipinski definition) is 0. The van der Waals surface area contributed by atoms with Crippen LogP contribution in [0.15, 0.2) is 18.2 Å². The summed E-state index contributed by atoms with van der Waals surface area (Å²) in [4.78, 5) is 0. The van der Waals surface area contributed by atoms with Crippen molar-refractivity contribution < 1.29 is 0 Å². The van der Waals surface area contributed by atoms with Crippen molar-refractivity contribution in [1.29, 1.82) is 0 Å². The molecule has 1 unspecified atom stereocenters. The molecule has 1 aromatic rings. The molecule has 1 rings (SSSR count). The molecule has 1 aromatic carbocycles. The molecule has 0 aliphatic rings. The Hall–Kier alpha value is -0.430. The Morgan fingerprint density at radius 3 is 2.36 bits per heavy atom. The average molecular weight is 165 g/mol. The number of rotatable bonds is 1. The zero-order chi connectivity index (χ0) is 8.43. The van der Waals surface area contributed by atoms with Crippen molar-refractivity contribution in [2.45, 2.75) is 26.0 Å². The van der Waals surface area contributed by atoms with Gasteiger partial charge in [0.25, 0.3) is 0 Å². The van der Waals surface area contributed by atoms with E-state index in [1.54, 1.807) is 0 Å². The van der Waals surface area contributed by atoms with Crippen molar-refractivity contribution in [3.63, 3.8) is 0 Å². The highest BCUT2D eigenvalue weighted by Crippen LogP contribution is 2.23. The van der Waals surface area contributed by atoms with Crippen LogP contribution in [0.25, 0.3) is 0 Å². The van der Waals surface area contributed by atoms with E-state index in [0.29, 0.717) is 0 Å². The summed E-state index contributed by atoms with van der Waals surface area (Å²) in [5.74, 6) is 0. The van der Waals surface area contributed by atoms with Gasteiger partial charge in [-0.25, -0.2) is 0 Å². The Bertz CT molecular complexity index is 251. The lowest BCUT2D eigenvalue weighted by Gasteiger charge is -2.09. The molecule has 0 aliphatic heterocycles. The van der Waals surface area contributed by atoms with Crippen molar-refractivity contribution in [2.24, 2.45) is 0 Å². The summed E-state index contributed by atoms with van der Waals surface area (Å²) in [5, 5.41) is 0.231. The van der Waals surface area contributed by atoms with Crippen molar-refractivity contribution in [2.75, 3.05) is 0 Å². The van der Waals surface area contributed by atoms with Crippen LogP contribution in [-0.2, 0) is 0 Å². The Morgan fingerprint density at radius 1 is 1.27 bits per heavy atom. The molecule has 1 atom stereocenters. The highest BCUT2D eigenvalue weighted by Gasteiger charge is 2.04. The van der Waals surface area contributed by atoms with Gasteiger partial charge in [0.2, 0.25) is 0 Å². The van der Waals surface area contributed by atoms with Crippen LogP contribution in [0.1, 0.15) is 28.9 Å². The molecule has 0 aromatic heterocycles. The van der Waals surface area contributed by atoms with Gasteiger partial charge in [-0.15, -0.1) is 0 Å². The lowest BCUT2D eigenvalue weighted by atomic mass is 10.0. The monoisotopic (exact) mass is 165 g/mol. The molecule has 0 saturated heterocycles. The molecule has 0 heterocycles. The van der Waals surface area contributed by atoms with Gasteiger partial charge in [0.1, 0.15) is 0 Å². The van der Waals surface area contributed by atoms with E-state index in [-0.39, 0.29) is 5.25 Å². The van der Waals surface area contributed by atoms with Crippen LogP contribution in [0.3, 0.4) is 0 Å². The van der Waals surface area contributed by atoms with Gasteiger partial charge in [0.05, 0.1) is 0 Å². The van der Waals surface area contributed by atoms with Crippen molar-refractivity contribution in [3.8, 4) is 0 Å². The molecule has 59 valence electrons. The standard InChI is InChI=1S/C10H13S/c1-7-5-4-6-10(8(7)2)9(3)11/h4-6,9H,1-3H3. The van der Waals surface area contributed by atoms with Crippen LogP contribution in [0, 0.1) is 13.8 Å². The fourth-order valence-electron chi connectivity index (χ4n) is 1.21. The van der Waals surface area contributed by atoms with Crippen LogP contribution in [0.2, 0.25) is 0 Å². The first-order chi connectivity index (χ1) is 5.13. The summed E-state index contributed by atoms with van der Waals surface area (Å²) >= 11 is 5.19.